The highest BCUT2D eigenvalue weighted by molar-refractivity contribution is 5.79. The van der Waals surface area contributed by atoms with Crippen molar-refractivity contribution in [2.24, 2.45) is 5.92 Å². The molecule has 1 N–H and O–H groups in total. The summed E-state index contributed by atoms with van der Waals surface area (Å²) >= 11 is 0. The molecule has 0 aromatic heterocycles. The molecule has 0 aliphatic heterocycles. The number of amides is 1. The number of hydrogen-bond donors (Lipinski definition) is 1. The van der Waals surface area contributed by atoms with Crippen LogP contribution in [0.15, 0.2) is 12.2 Å². The van der Waals surface area contributed by atoms with Gasteiger partial charge in [-0.05, 0) is 12.8 Å². The number of methoxy groups -OCH3 is 1. The van der Waals surface area contributed by atoms with E-state index in [0.29, 0.717) is 19.7 Å². The van der Waals surface area contributed by atoms with Crippen LogP contribution in [-0.4, -0.2) is 49.3 Å². The fourth-order valence-electron chi connectivity index (χ4n) is 1.73. The molecule has 0 heterocycles. The summed E-state index contributed by atoms with van der Waals surface area (Å²) in [5.74, 6) is 0.208. The lowest BCUT2D eigenvalue weighted by molar-refractivity contribution is -0.136. The van der Waals surface area contributed by atoms with E-state index in [4.69, 9.17) is 9.84 Å². The van der Waals surface area contributed by atoms with Gasteiger partial charge in [0.15, 0.2) is 0 Å². The number of aliphatic hydroxyl groups is 1. The average molecular weight is 213 g/mol. The maximum absolute atomic E-state index is 12.0. The molecule has 0 atom stereocenters. The third-order valence-corrected chi connectivity index (χ3v) is 2.60. The van der Waals surface area contributed by atoms with E-state index in [1.54, 1.807) is 12.0 Å². The first-order valence-corrected chi connectivity index (χ1v) is 5.33. The van der Waals surface area contributed by atoms with Crippen molar-refractivity contribution < 1.29 is 14.6 Å². The minimum Gasteiger partial charge on any atom is -0.395 e. The van der Waals surface area contributed by atoms with Crippen molar-refractivity contribution in [3.05, 3.63) is 12.2 Å². The number of carbonyl (C=O) groups excluding carboxylic acids is 1. The van der Waals surface area contributed by atoms with Gasteiger partial charge in [0, 0.05) is 26.1 Å². The van der Waals surface area contributed by atoms with Gasteiger partial charge in [0.25, 0.3) is 0 Å². The number of allylic oxidation sites excluding steroid dienone is 2. The number of hydrogen-bond acceptors (Lipinski definition) is 3. The first kappa shape index (κ1) is 12.2. The SMILES string of the molecule is COCCN(CCO)C(=O)C1CC=CC1. The lowest BCUT2D eigenvalue weighted by Gasteiger charge is -2.24. The normalized spacial score (nSPS) is 15.9. The first-order chi connectivity index (χ1) is 7.29. The highest BCUT2D eigenvalue weighted by Crippen LogP contribution is 2.20. The zero-order chi connectivity index (χ0) is 11.1. The minimum absolute atomic E-state index is 0.00953. The third kappa shape index (κ3) is 3.64. The topological polar surface area (TPSA) is 49.8 Å². The van der Waals surface area contributed by atoms with Crippen LogP contribution in [0.25, 0.3) is 0 Å². The van der Waals surface area contributed by atoms with E-state index in [-0.39, 0.29) is 18.4 Å². The Hall–Kier alpha value is -0.870. The summed E-state index contributed by atoms with van der Waals surface area (Å²) in [5.41, 5.74) is 0. The smallest absolute Gasteiger partial charge is 0.226 e. The van der Waals surface area contributed by atoms with Crippen LogP contribution in [-0.2, 0) is 9.53 Å². The Kier molecular flexibility index (Phi) is 5.36. The van der Waals surface area contributed by atoms with Gasteiger partial charge in [0.2, 0.25) is 5.91 Å². The Labute approximate surface area is 90.5 Å². The van der Waals surface area contributed by atoms with Crippen LogP contribution < -0.4 is 0 Å². The van der Waals surface area contributed by atoms with Gasteiger partial charge in [0.05, 0.1) is 13.2 Å². The summed E-state index contributed by atoms with van der Waals surface area (Å²) in [7, 11) is 1.61. The summed E-state index contributed by atoms with van der Waals surface area (Å²) in [6, 6.07) is 0. The van der Waals surface area contributed by atoms with Crippen LogP contribution in [0, 0.1) is 5.92 Å². The van der Waals surface area contributed by atoms with Crippen molar-refractivity contribution in [1.29, 1.82) is 0 Å². The predicted molar refractivity (Wildman–Crippen MR) is 57.4 cm³/mol. The van der Waals surface area contributed by atoms with Gasteiger partial charge in [-0.2, -0.15) is 0 Å². The van der Waals surface area contributed by atoms with Gasteiger partial charge >= 0.3 is 0 Å². The minimum atomic E-state index is 0.00953. The number of carbonyl (C=O) groups is 1. The van der Waals surface area contributed by atoms with Crippen molar-refractivity contribution in [3.63, 3.8) is 0 Å². The van der Waals surface area contributed by atoms with Crippen molar-refractivity contribution in [1.82, 2.24) is 4.90 Å². The maximum Gasteiger partial charge on any atom is 0.226 e. The molecule has 0 fully saturated rings. The molecule has 0 unspecified atom stereocenters. The quantitative estimate of drug-likeness (QED) is 0.651. The van der Waals surface area contributed by atoms with Crippen LogP contribution in [0.5, 0.6) is 0 Å². The second-order valence-electron chi connectivity index (χ2n) is 3.68. The molecular formula is C11H19NO3. The van der Waals surface area contributed by atoms with Gasteiger partial charge in [-0.15, -0.1) is 0 Å². The fourth-order valence-corrected chi connectivity index (χ4v) is 1.73. The predicted octanol–water partition coefficient (Wildman–Crippen LogP) is 0.420. The summed E-state index contributed by atoms with van der Waals surface area (Å²) in [6.07, 6.45) is 5.73. The molecule has 86 valence electrons. The molecule has 0 aromatic rings. The van der Waals surface area contributed by atoms with Gasteiger partial charge in [-0.25, -0.2) is 0 Å². The zero-order valence-corrected chi connectivity index (χ0v) is 9.19. The first-order valence-electron chi connectivity index (χ1n) is 5.33. The van der Waals surface area contributed by atoms with Crippen molar-refractivity contribution in [3.8, 4) is 0 Å². The van der Waals surface area contributed by atoms with Crippen molar-refractivity contribution >= 4 is 5.91 Å². The molecule has 0 spiro atoms. The Bertz CT molecular complexity index is 220. The Balaban J connectivity index is 2.42. The molecule has 4 nitrogen and oxygen atoms in total. The molecular weight excluding hydrogens is 194 g/mol. The van der Waals surface area contributed by atoms with Crippen LogP contribution in [0.3, 0.4) is 0 Å². The van der Waals surface area contributed by atoms with Crippen LogP contribution >= 0.6 is 0 Å². The van der Waals surface area contributed by atoms with Crippen molar-refractivity contribution in [2.75, 3.05) is 33.4 Å². The van der Waals surface area contributed by atoms with Crippen molar-refractivity contribution in [2.45, 2.75) is 12.8 Å². The molecule has 1 rings (SSSR count). The largest absolute Gasteiger partial charge is 0.395 e. The highest BCUT2D eigenvalue weighted by atomic mass is 16.5. The van der Waals surface area contributed by atoms with Gasteiger partial charge in [-0.3, -0.25) is 4.79 Å². The van der Waals surface area contributed by atoms with E-state index in [2.05, 4.69) is 0 Å². The molecule has 0 saturated carbocycles. The summed E-state index contributed by atoms with van der Waals surface area (Å²) in [4.78, 5) is 13.6. The maximum atomic E-state index is 12.0. The number of nitrogens with zero attached hydrogens (tertiary/aromatic N) is 1. The summed E-state index contributed by atoms with van der Waals surface area (Å²) in [6.45, 7) is 1.49. The summed E-state index contributed by atoms with van der Waals surface area (Å²) < 4.78 is 4.94. The molecule has 4 heteroatoms. The zero-order valence-electron chi connectivity index (χ0n) is 9.19. The number of ether oxygens (including phenoxy) is 1. The second-order valence-corrected chi connectivity index (χ2v) is 3.68. The van der Waals surface area contributed by atoms with Gasteiger partial charge < -0.3 is 14.7 Å². The van der Waals surface area contributed by atoms with Gasteiger partial charge in [-0.1, -0.05) is 12.2 Å². The molecule has 15 heavy (non-hydrogen) atoms. The van der Waals surface area contributed by atoms with Crippen LogP contribution in [0.1, 0.15) is 12.8 Å². The Morgan fingerprint density at radius 1 is 1.47 bits per heavy atom. The molecule has 0 radical (unpaired) electrons. The molecule has 1 aliphatic rings. The van der Waals surface area contributed by atoms with Gasteiger partial charge in [0.1, 0.15) is 0 Å². The monoisotopic (exact) mass is 213 g/mol. The Morgan fingerprint density at radius 2 is 2.13 bits per heavy atom. The average Bonchev–Trinajstić information content (AvgIpc) is 2.76. The van der Waals surface area contributed by atoms with E-state index < -0.39 is 0 Å². The molecule has 1 aliphatic carbocycles. The number of rotatable bonds is 6. The van der Waals surface area contributed by atoms with E-state index in [9.17, 15) is 4.79 Å². The van der Waals surface area contributed by atoms with Crippen LogP contribution in [0.2, 0.25) is 0 Å². The van der Waals surface area contributed by atoms with E-state index in [1.165, 1.54) is 0 Å². The number of aliphatic hydroxyl groups excluding tert-OH is 1. The van der Waals surface area contributed by atoms with Crippen LogP contribution in [0.4, 0.5) is 0 Å². The van der Waals surface area contributed by atoms with E-state index in [0.717, 1.165) is 12.8 Å². The lowest BCUT2D eigenvalue weighted by atomic mass is 10.1. The van der Waals surface area contributed by atoms with E-state index >= 15 is 0 Å². The molecule has 0 saturated heterocycles. The highest BCUT2D eigenvalue weighted by Gasteiger charge is 2.24. The lowest BCUT2D eigenvalue weighted by Crippen LogP contribution is -2.39. The fraction of sp³-hybridized carbons (Fsp3) is 0.727. The Morgan fingerprint density at radius 3 is 2.67 bits per heavy atom. The summed E-state index contributed by atoms with van der Waals surface area (Å²) in [5, 5.41) is 8.88. The standard InChI is InChI=1S/C11H19NO3/c1-15-9-7-12(6-8-13)11(14)10-4-2-3-5-10/h2-3,10,13H,4-9H2,1H3. The third-order valence-electron chi connectivity index (χ3n) is 2.60. The molecule has 0 bridgehead atoms. The second kappa shape index (κ2) is 6.58. The molecule has 0 aromatic carbocycles. The van der Waals surface area contributed by atoms with E-state index in [1.807, 2.05) is 12.2 Å². The molecule has 1 amide bonds.